The Morgan fingerprint density at radius 3 is 2.54 bits per heavy atom. The summed E-state index contributed by atoms with van der Waals surface area (Å²) in [4.78, 5) is 48.0. The molecule has 1 aromatic carbocycles. The van der Waals surface area contributed by atoms with Crippen molar-refractivity contribution in [3.05, 3.63) is 42.1 Å². The Bertz CT molecular complexity index is 1390. The second-order valence-corrected chi connectivity index (χ2v) is 11.2. The maximum atomic E-state index is 14.3. The number of carbonyl (C=O) groups is 3. The first kappa shape index (κ1) is 25.5. The van der Waals surface area contributed by atoms with Crippen LogP contribution in [0.4, 0.5) is 4.39 Å². The zero-order chi connectivity index (χ0) is 26.5. The van der Waals surface area contributed by atoms with E-state index in [4.69, 9.17) is 23.2 Å². The average Bonchev–Trinajstić information content (AvgIpc) is 3.15. The lowest BCUT2D eigenvalue weighted by atomic mass is 10.0. The fourth-order valence-corrected chi connectivity index (χ4v) is 5.17. The molecular formula is C25H25Cl2FN6O3. The molecule has 1 saturated heterocycles. The highest BCUT2D eigenvalue weighted by Crippen LogP contribution is 2.52. The van der Waals surface area contributed by atoms with Crippen LogP contribution in [0.3, 0.4) is 0 Å². The van der Waals surface area contributed by atoms with Crippen molar-refractivity contribution in [1.82, 2.24) is 30.0 Å². The summed E-state index contributed by atoms with van der Waals surface area (Å²) in [5.41, 5.74) is 2.36. The smallest absolute Gasteiger partial charge is 0.245 e. The predicted molar refractivity (Wildman–Crippen MR) is 136 cm³/mol. The minimum absolute atomic E-state index is 0.0664. The Balaban J connectivity index is 1.37. The molecule has 5 rings (SSSR count). The Morgan fingerprint density at radius 2 is 1.89 bits per heavy atom. The Kier molecular flexibility index (Phi) is 6.66. The van der Waals surface area contributed by atoms with Gasteiger partial charge < -0.3 is 10.2 Å². The van der Waals surface area contributed by atoms with Gasteiger partial charge in [-0.2, -0.15) is 5.10 Å². The monoisotopic (exact) mass is 546 g/mol. The summed E-state index contributed by atoms with van der Waals surface area (Å²) in [6.45, 7) is 3.02. The second-order valence-electron chi connectivity index (χ2n) is 9.62. The Morgan fingerprint density at radius 1 is 1.19 bits per heavy atom. The van der Waals surface area contributed by atoms with Crippen molar-refractivity contribution < 1.29 is 18.8 Å². The molecular weight excluding hydrogens is 522 g/mol. The lowest BCUT2D eigenvalue weighted by Crippen LogP contribution is -2.47. The standard InChI is InChI=1S/C25H25Cl2FN6O3/c1-13(35)23-19-5-15(16-8-29-14(2)30-9-16)3-4-20(19)34(32-23)12-22(36)33-11-18(28)6-21(33)24(37)31-10-17-7-25(17,26)27/h3-5,8-9,17-18,21H,6-7,10-12H2,1-2H3,(H,31,37)/t17?,18-,21+/m1/s1. The zero-order valence-electron chi connectivity index (χ0n) is 20.2. The fourth-order valence-electron chi connectivity index (χ4n) is 4.64. The molecule has 37 heavy (non-hydrogen) atoms. The van der Waals surface area contributed by atoms with E-state index in [-0.39, 0.29) is 43.5 Å². The van der Waals surface area contributed by atoms with Gasteiger partial charge in [-0.3, -0.25) is 19.1 Å². The van der Waals surface area contributed by atoms with Crippen LogP contribution >= 0.6 is 23.2 Å². The lowest BCUT2D eigenvalue weighted by molar-refractivity contribution is -0.139. The molecule has 3 aromatic rings. The minimum Gasteiger partial charge on any atom is -0.354 e. The van der Waals surface area contributed by atoms with E-state index in [1.165, 1.54) is 16.5 Å². The molecule has 12 heteroatoms. The fraction of sp³-hybridized carbons (Fsp3) is 0.440. The minimum atomic E-state index is -1.32. The van der Waals surface area contributed by atoms with Gasteiger partial charge in [-0.1, -0.05) is 6.07 Å². The molecule has 1 aliphatic heterocycles. The van der Waals surface area contributed by atoms with E-state index in [0.717, 1.165) is 11.1 Å². The van der Waals surface area contributed by atoms with Crippen LogP contribution in [0.5, 0.6) is 0 Å². The number of nitrogens with zero attached hydrogens (tertiary/aromatic N) is 5. The number of alkyl halides is 3. The summed E-state index contributed by atoms with van der Waals surface area (Å²) in [6, 6.07) is 4.47. The quantitative estimate of drug-likeness (QED) is 0.359. The summed E-state index contributed by atoms with van der Waals surface area (Å²) in [5.74, 6) is -0.590. The number of nitrogens with one attached hydrogen (secondary N) is 1. The van der Waals surface area contributed by atoms with Crippen molar-refractivity contribution in [3.8, 4) is 11.1 Å². The van der Waals surface area contributed by atoms with Gasteiger partial charge in [0.25, 0.3) is 0 Å². The summed E-state index contributed by atoms with van der Waals surface area (Å²) in [7, 11) is 0. The van der Waals surface area contributed by atoms with Crippen molar-refractivity contribution >= 4 is 51.7 Å². The number of aromatic nitrogens is 4. The highest BCUT2D eigenvalue weighted by molar-refractivity contribution is 6.50. The molecule has 2 aliphatic rings. The number of rotatable bonds is 7. The first-order valence-corrected chi connectivity index (χ1v) is 12.7. The van der Waals surface area contributed by atoms with Crippen LogP contribution in [-0.2, 0) is 16.1 Å². The highest BCUT2D eigenvalue weighted by atomic mass is 35.5. The van der Waals surface area contributed by atoms with Crippen molar-refractivity contribution in [2.45, 2.75) is 49.8 Å². The van der Waals surface area contributed by atoms with Gasteiger partial charge in [0.05, 0.1) is 12.1 Å². The molecule has 1 unspecified atom stereocenters. The maximum absolute atomic E-state index is 14.3. The molecule has 0 radical (unpaired) electrons. The molecule has 1 aliphatic carbocycles. The number of aryl methyl sites for hydroxylation is 1. The topological polar surface area (TPSA) is 110 Å². The van der Waals surface area contributed by atoms with Gasteiger partial charge >= 0.3 is 0 Å². The summed E-state index contributed by atoms with van der Waals surface area (Å²) >= 11 is 12.0. The van der Waals surface area contributed by atoms with E-state index in [9.17, 15) is 18.8 Å². The molecule has 194 valence electrons. The number of Topliss-reactive ketones (excluding diaryl/α,β-unsaturated/α-hetero) is 1. The predicted octanol–water partition coefficient (Wildman–Crippen LogP) is 3.25. The van der Waals surface area contributed by atoms with Crippen LogP contribution in [0.2, 0.25) is 0 Å². The Labute approximate surface area is 222 Å². The molecule has 0 spiro atoms. The highest BCUT2D eigenvalue weighted by Gasteiger charge is 2.51. The lowest BCUT2D eigenvalue weighted by Gasteiger charge is -2.23. The summed E-state index contributed by atoms with van der Waals surface area (Å²) < 4.78 is 14.9. The molecule has 0 bridgehead atoms. The van der Waals surface area contributed by atoms with Crippen LogP contribution in [0.25, 0.3) is 22.0 Å². The largest absolute Gasteiger partial charge is 0.354 e. The molecule has 3 heterocycles. The number of likely N-dealkylation sites (tertiary alicyclic amines) is 1. The van der Waals surface area contributed by atoms with E-state index < -0.39 is 28.4 Å². The molecule has 2 fully saturated rings. The van der Waals surface area contributed by atoms with Crippen molar-refractivity contribution in [1.29, 1.82) is 0 Å². The summed E-state index contributed by atoms with van der Waals surface area (Å²) in [6.07, 6.45) is 2.55. The SMILES string of the molecule is CC(=O)c1nn(CC(=O)N2C[C@H](F)C[C@H]2C(=O)NCC2CC2(Cl)Cl)c2ccc(-c3cnc(C)nc3)cc12. The van der Waals surface area contributed by atoms with E-state index in [1.54, 1.807) is 25.4 Å². The van der Waals surface area contributed by atoms with E-state index in [1.807, 2.05) is 12.1 Å². The van der Waals surface area contributed by atoms with Crippen LogP contribution in [0.1, 0.15) is 36.1 Å². The van der Waals surface area contributed by atoms with E-state index in [2.05, 4.69) is 20.4 Å². The summed E-state index contributed by atoms with van der Waals surface area (Å²) in [5, 5.41) is 7.70. The molecule has 1 saturated carbocycles. The number of hydrogen-bond acceptors (Lipinski definition) is 6. The van der Waals surface area contributed by atoms with Crippen LogP contribution in [0, 0.1) is 12.8 Å². The van der Waals surface area contributed by atoms with Crippen molar-refractivity contribution in [2.75, 3.05) is 13.1 Å². The maximum Gasteiger partial charge on any atom is 0.245 e. The number of halogens is 3. The third kappa shape index (κ3) is 5.17. The molecule has 1 N–H and O–H groups in total. The number of ketones is 1. The van der Waals surface area contributed by atoms with Gasteiger partial charge in [-0.05, 0) is 31.0 Å². The van der Waals surface area contributed by atoms with Crippen LogP contribution in [-0.4, -0.2) is 71.9 Å². The second kappa shape index (κ2) is 9.64. The normalized spacial score (nSPS) is 22.3. The van der Waals surface area contributed by atoms with Gasteiger partial charge in [-0.15, -0.1) is 23.2 Å². The van der Waals surface area contributed by atoms with Gasteiger partial charge in [0.15, 0.2) is 5.78 Å². The number of carbonyl (C=O) groups excluding carboxylic acids is 3. The first-order valence-electron chi connectivity index (χ1n) is 11.9. The third-order valence-corrected chi connectivity index (χ3v) is 7.76. The van der Waals surface area contributed by atoms with Gasteiger partial charge in [0, 0.05) is 49.2 Å². The first-order chi connectivity index (χ1) is 17.5. The van der Waals surface area contributed by atoms with Crippen LogP contribution < -0.4 is 5.32 Å². The molecule has 3 atom stereocenters. The molecule has 2 amide bonds. The van der Waals surface area contributed by atoms with Gasteiger partial charge in [0.2, 0.25) is 11.8 Å². The Hall–Kier alpha value is -3.11. The van der Waals surface area contributed by atoms with E-state index >= 15 is 0 Å². The number of benzene rings is 1. The zero-order valence-corrected chi connectivity index (χ0v) is 21.8. The number of amides is 2. The van der Waals surface area contributed by atoms with E-state index in [0.29, 0.717) is 23.1 Å². The van der Waals surface area contributed by atoms with Gasteiger partial charge in [-0.25, -0.2) is 14.4 Å². The average molecular weight is 547 g/mol. The molecule has 9 nitrogen and oxygen atoms in total. The number of hydrogen-bond donors (Lipinski definition) is 1. The van der Waals surface area contributed by atoms with Gasteiger partial charge in [0.1, 0.15) is 34.6 Å². The van der Waals surface area contributed by atoms with Crippen molar-refractivity contribution in [2.24, 2.45) is 5.92 Å². The number of fused-ring (bicyclic) bond motifs is 1. The van der Waals surface area contributed by atoms with Crippen LogP contribution in [0.15, 0.2) is 30.6 Å². The van der Waals surface area contributed by atoms with Crippen molar-refractivity contribution in [3.63, 3.8) is 0 Å². The third-order valence-electron chi connectivity index (χ3n) is 6.83. The molecule has 2 aromatic heterocycles.